The number of rotatable bonds is 3. The standard InChI is InChI=1S/C17H25N3O3/c21-15-6-8-17(7-3-11-22-17)9-10-20(15)12-14-18-16(23-19-14)13-4-1-2-5-13/h13H,1-12H2/t17-/m0/s1. The van der Waals surface area contributed by atoms with Crippen LogP contribution in [0.3, 0.4) is 0 Å². The lowest BCUT2D eigenvalue weighted by Gasteiger charge is -2.26. The van der Waals surface area contributed by atoms with E-state index in [1.165, 1.54) is 12.8 Å². The second-order valence-corrected chi connectivity index (χ2v) is 7.23. The van der Waals surface area contributed by atoms with Gasteiger partial charge < -0.3 is 14.2 Å². The van der Waals surface area contributed by atoms with Crippen LogP contribution in [0.1, 0.15) is 75.4 Å². The molecule has 0 bridgehead atoms. The highest BCUT2D eigenvalue weighted by atomic mass is 16.5. The van der Waals surface area contributed by atoms with Crippen LogP contribution in [0.4, 0.5) is 0 Å². The van der Waals surface area contributed by atoms with E-state index < -0.39 is 0 Å². The Bertz CT molecular complexity index is 559. The zero-order valence-corrected chi connectivity index (χ0v) is 13.6. The molecule has 126 valence electrons. The molecule has 0 unspecified atom stereocenters. The average molecular weight is 319 g/mol. The summed E-state index contributed by atoms with van der Waals surface area (Å²) in [5.41, 5.74) is -0.0589. The van der Waals surface area contributed by atoms with E-state index in [0.29, 0.717) is 24.7 Å². The highest BCUT2D eigenvalue weighted by Gasteiger charge is 2.38. The SMILES string of the molecule is O=C1CC[C@@]2(CCCO2)CCN1Cc1noc(C2CCCC2)n1. The van der Waals surface area contributed by atoms with Crippen molar-refractivity contribution in [2.75, 3.05) is 13.2 Å². The summed E-state index contributed by atoms with van der Waals surface area (Å²) in [5.74, 6) is 2.01. The summed E-state index contributed by atoms with van der Waals surface area (Å²) in [4.78, 5) is 18.8. The van der Waals surface area contributed by atoms with E-state index >= 15 is 0 Å². The van der Waals surface area contributed by atoms with Crippen molar-refractivity contribution in [3.05, 3.63) is 11.7 Å². The number of hydrogen-bond acceptors (Lipinski definition) is 5. The molecular weight excluding hydrogens is 294 g/mol. The smallest absolute Gasteiger partial charge is 0.229 e. The van der Waals surface area contributed by atoms with Gasteiger partial charge in [-0.2, -0.15) is 4.98 Å². The van der Waals surface area contributed by atoms with Crippen LogP contribution in [-0.4, -0.2) is 39.7 Å². The van der Waals surface area contributed by atoms with E-state index in [0.717, 1.165) is 57.6 Å². The molecule has 1 amide bonds. The molecule has 3 heterocycles. The Kier molecular flexibility index (Phi) is 4.09. The quantitative estimate of drug-likeness (QED) is 0.857. The number of ether oxygens (including phenoxy) is 1. The summed E-state index contributed by atoms with van der Waals surface area (Å²) in [6.45, 7) is 2.03. The van der Waals surface area contributed by atoms with Crippen molar-refractivity contribution in [3.8, 4) is 0 Å². The highest BCUT2D eigenvalue weighted by molar-refractivity contribution is 5.76. The zero-order valence-electron chi connectivity index (χ0n) is 13.6. The molecule has 3 fully saturated rings. The molecule has 1 spiro atoms. The van der Waals surface area contributed by atoms with Gasteiger partial charge in [-0.15, -0.1) is 0 Å². The number of hydrogen-bond donors (Lipinski definition) is 0. The first-order valence-corrected chi connectivity index (χ1v) is 8.98. The lowest BCUT2D eigenvalue weighted by atomic mass is 9.92. The van der Waals surface area contributed by atoms with E-state index in [1.54, 1.807) is 0 Å². The topological polar surface area (TPSA) is 68.5 Å². The monoisotopic (exact) mass is 319 g/mol. The Morgan fingerprint density at radius 3 is 2.83 bits per heavy atom. The van der Waals surface area contributed by atoms with Crippen LogP contribution >= 0.6 is 0 Å². The molecule has 0 radical (unpaired) electrons. The number of carbonyl (C=O) groups excluding carboxylic acids is 1. The van der Waals surface area contributed by atoms with Gasteiger partial charge in [0.05, 0.1) is 12.1 Å². The molecular formula is C17H25N3O3. The first-order chi connectivity index (χ1) is 11.2. The third-order valence-corrected chi connectivity index (χ3v) is 5.69. The summed E-state index contributed by atoms with van der Waals surface area (Å²) >= 11 is 0. The molecule has 6 heteroatoms. The summed E-state index contributed by atoms with van der Waals surface area (Å²) in [6, 6.07) is 0. The van der Waals surface area contributed by atoms with Gasteiger partial charge in [0.2, 0.25) is 11.8 Å². The minimum Gasteiger partial charge on any atom is -0.375 e. The van der Waals surface area contributed by atoms with Gasteiger partial charge in [-0.25, -0.2) is 0 Å². The maximum Gasteiger partial charge on any atom is 0.229 e. The molecule has 1 atom stereocenters. The van der Waals surface area contributed by atoms with Crippen molar-refractivity contribution >= 4 is 5.91 Å². The van der Waals surface area contributed by atoms with Crippen LogP contribution in [0.25, 0.3) is 0 Å². The van der Waals surface area contributed by atoms with Gasteiger partial charge in [0.25, 0.3) is 0 Å². The Balaban J connectivity index is 1.40. The van der Waals surface area contributed by atoms with Crippen LogP contribution in [0.15, 0.2) is 4.52 Å². The van der Waals surface area contributed by atoms with Gasteiger partial charge >= 0.3 is 0 Å². The van der Waals surface area contributed by atoms with Crippen LogP contribution in [0, 0.1) is 0 Å². The largest absolute Gasteiger partial charge is 0.375 e. The average Bonchev–Trinajstić information content (AvgIpc) is 3.28. The minimum absolute atomic E-state index is 0.0589. The molecule has 6 nitrogen and oxygen atoms in total. The van der Waals surface area contributed by atoms with Crippen LogP contribution in [0.5, 0.6) is 0 Å². The molecule has 1 aromatic rings. The van der Waals surface area contributed by atoms with E-state index in [-0.39, 0.29) is 11.5 Å². The first-order valence-electron chi connectivity index (χ1n) is 8.98. The van der Waals surface area contributed by atoms with E-state index in [2.05, 4.69) is 10.1 Å². The number of likely N-dealkylation sites (tertiary alicyclic amines) is 1. The molecule has 3 aliphatic rings. The van der Waals surface area contributed by atoms with Gasteiger partial charge in [-0.05, 0) is 38.5 Å². The molecule has 0 N–H and O–H groups in total. The number of amides is 1. The van der Waals surface area contributed by atoms with Crippen molar-refractivity contribution in [2.24, 2.45) is 0 Å². The third kappa shape index (κ3) is 3.13. The zero-order chi connectivity index (χ0) is 15.7. The lowest BCUT2D eigenvalue weighted by Crippen LogP contribution is -2.32. The summed E-state index contributed by atoms with van der Waals surface area (Å²) in [7, 11) is 0. The Labute approximate surface area is 136 Å². The Morgan fingerprint density at radius 1 is 1.17 bits per heavy atom. The molecule has 2 aliphatic heterocycles. The van der Waals surface area contributed by atoms with Crippen molar-refractivity contribution in [1.82, 2.24) is 15.0 Å². The van der Waals surface area contributed by atoms with Crippen molar-refractivity contribution in [3.63, 3.8) is 0 Å². The van der Waals surface area contributed by atoms with Gasteiger partial charge in [-0.1, -0.05) is 18.0 Å². The molecule has 1 aliphatic carbocycles. The van der Waals surface area contributed by atoms with E-state index in [9.17, 15) is 4.79 Å². The number of carbonyl (C=O) groups is 1. The van der Waals surface area contributed by atoms with Crippen LogP contribution in [-0.2, 0) is 16.1 Å². The van der Waals surface area contributed by atoms with Crippen molar-refractivity contribution < 1.29 is 14.1 Å². The number of aromatic nitrogens is 2. The Hall–Kier alpha value is -1.43. The second kappa shape index (κ2) is 6.23. The van der Waals surface area contributed by atoms with Gasteiger partial charge in [-0.3, -0.25) is 4.79 Å². The predicted molar refractivity (Wildman–Crippen MR) is 82.7 cm³/mol. The summed E-state index contributed by atoms with van der Waals surface area (Å²) in [6.07, 6.45) is 9.31. The molecule has 23 heavy (non-hydrogen) atoms. The van der Waals surface area contributed by atoms with Crippen molar-refractivity contribution in [1.29, 1.82) is 0 Å². The van der Waals surface area contributed by atoms with Gasteiger partial charge in [0.1, 0.15) is 0 Å². The normalized spacial score (nSPS) is 29.6. The molecule has 1 saturated carbocycles. The molecule has 1 aromatic heterocycles. The fourth-order valence-corrected chi connectivity index (χ4v) is 4.24. The number of nitrogens with zero attached hydrogens (tertiary/aromatic N) is 3. The fourth-order valence-electron chi connectivity index (χ4n) is 4.24. The van der Waals surface area contributed by atoms with E-state index in [4.69, 9.17) is 9.26 Å². The minimum atomic E-state index is -0.0589. The maximum atomic E-state index is 12.4. The third-order valence-electron chi connectivity index (χ3n) is 5.69. The molecule has 4 rings (SSSR count). The van der Waals surface area contributed by atoms with E-state index in [1.807, 2.05) is 4.90 Å². The van der Waals surface area contributed by atoms with Crippen LogP contribution in [0.2, 0.25) is 0 Å². The van der Waals surface area contributed by atoms with Crippen LogP contribution < -0.4 is 0 Å². The fraction of sp³-hybridized carbons (Fsp3) is 0.824. The highest BCUT2D eigenvalue weighted by Crippen LogP contribution is 2.36. The molecule has 2 saturated heterocycles. The maximum absolute atomic E-state index is 12.4. The lowest BCUT2D eigenvalue weighted by molar-refractivity contribution is -0.131. The summed E-state index contributed by atoms with van der Waals surface area (Å²) in [5, 5.41) is 4.10. The molecule has 0 aromatic carbocycles. The predicted octanol–water partition coefficient (Wildman–Crippen LogP) is 2.79. The van der Waals surface area contributed by atoms with Gasteiger partial charge in [0.15, 0.2) is 5.82 Å². The first kappa shape index (κ1) is 15.1. The Morgan fingerprint density at radius 2 is 2.04 bits per heavy atom. The van der Waals surface area contributed by atoms with Crippen molar-refractivity contribution in [2.45, 2.75) is 75.9 Å². The van der Waals surface area contributed by atoms with Gasteiger partial charge in [0, 0.05) is 25.5 Å². The summed E-state index contributed by atoms with van der Waals surface area (Å²) < 4.78 is 11.4. The second-order valence-electron chi connectivity index (χ2n) is 7.23.